The highest BCUT2D eigenvalue weighted by molar-refractivity contribution is 6.52. The van der Waals surface area contributed by atoms with E-state index in [1.54, 1.807) is 54.6 Å². The number of ether oxygens (including phenoxy) is 2. The number of para-hydroxylation sites is 1. The van der Waals surface area contributed by atoms with E-state index in [-0.39, 0.29) is 21.9 Å². The second-order valence-corrected chi connectivity index (χ2v) is 8.51. The highest BCUT2D eigenvalue weighted by Gasteiger charge is 2.48. The van der Waals surface area contributed by atoms with Gasteiger partial charge in [-0.2, -0.15) is 0 Å². The van der Waals surface area contributed by atoms with Crippen molar-refractivity contribution < 1.29 is 24.2 Å². The number of nitrogens with zero attached hydrogens (tertiary/aromatic N) is 1. The first-order valence-electron chi connectivity index (χ1n) is 10.3. The maximum absolute atomic E-state index is 13.3. The lowest BCUT2D eigenvalue weighted by atomic mass is 9.94. The molecule has 8 heteroatoms. The maximum atomic E-state index is 13.3. The Hall–Kier alpha value is -3.48. The number of amides is 1. The van der Waals surface area contributed by atoms with Crippen LogP contribution in [0.3, 0.4) is 0 Å². The van der Waals surface area contributed by atoms with Gasteiger partial charge in [-0.25, -0.2) is 0 Å². The van der Waals surface area contributed by atoms with Crippen molar-refractivity contribution in [2.75, 3.05) is 19.1 Å². The van der Waals surface area contributed by atoms with E-state index in [1.165, 1.54) is 25.2 Å². The van der Waals surface area contributed by atoms with Gasteiger partial charge in [0.1, 0.15) is 17.3 Å². The van der Waals surface area contributed by atoms with Crippen LogP contribution in [0.15, 0.2) is 66.2 Å². The number of hydrogen-bond acceptors (Lipinski definition) is 5. The van der Waals surface area contributed by atoms with E-state index < -0.39 is 17.7 Å². The Bertz CT molecular complexity index is 1330. The van der Waals surface area contributed by atoms with Crippen molar-refractivity contribution in [3.05, 3.63) is 93.0 Å². The Kier molecular flexibility index (Phi) is 6.55. The number of Topliss-reactive ketones (excluding diaryl/α,β-unsaturated/α-hetero) is 1. The molecule has 0 radical (unpaired) electrons. The molecular weight excluding hydrogens is 477 g/mol. The molecule has 1 fully saturated rings. The van der Waals surface area contributed by atoms with Gasteiger partial charge in [0.2, 0.25) is 0 Å². The third-order valence-corrected chi connectivity index (χ3v) is 6.44. The van der Waals surface area contributed by atoms with Crippen LogP contribution >= 0.6 is 23.2 Å². The highest BCUT2D eigenvalue weighted by Crippen LogP contribution is 2.45. The van der Waals surface area contributed by atoms with Gasteiger partial charge < -0.3 is 14.6 Å². The van der Waals surface area contributed by atoms with Crippen LogP contribution in [0, 0.1) is 6.92 Å². The lowest BCUT2D eigenvalue weighted by molar-refractivity contribution is -0.132. The smallest absolute Gasteiger partial charge is 0.300 e. The van der Waals surface area contributed by atoms with E-state index in [1.807, 2.05) is 6.92 Å². The Balaban J connectivity index is 1.98. The largest absolute Gasteiger partial charge is 0.507 e. The van der Waals surface area contributed by atoms with Gasteiger partial charge in [0.05, 0.1) is 30.9 Å². The monoisotopic (exact) mass is 497 g/mol. The summed E-state index contributed by atoms with van der Waals surface area (Å²) < 4.78 is 10.7. The summed E-state index contributed by atoms with van der Waals surface area (Å²) in [5.41, 5.74) is 1.95. The third-order valence-electron chi connectivity index (χ3n) is 5.74. The molecule has 4 rings (SSSR count). The summed E-state index contributed by atoms with van der Waals surface area (Å²) in [7, 11) is 2.97. The van der Waals surface area contributed by atoms with Crippen molar-refractivity contribution in [3.63, 3.8) is 0 Å². The average molecular weight is 498 g/mol. The maximum Gasteiger partial charge on any atom is 0.300 e. The summed E-state index contributed by atoms with van der Waals surface area (Å²) in [6.07, 6.45) is 0. The lowest BCUT2D eigenvalue weighted by Gasteiger charge is -2.27. The second-order valence-electron chi connectivity index (χ2n) is 7.69. The minimum atomic E-state index is -0.962. The lowest BCUT2D eigenvalue weighted by Crippen LogP contribution is -2.29. The van der Waals surface area contributed by atoms with Crippen LogP contribution in [-0.2, 0) is 9.59 Å². The summed E-state index contributed by atoms with van der Waals surface area (Å²) in [5, 5.41) is 12.0. The molecule has 3 aromatic rings. The third kappa shape index (κ3) is 4.00. The number of ketones is 1. The van der Waals surface area contributed by atoms with Gasteiger partial charge in [-0.05, 0) is 48.9 Å². The fourth-order valence-electron chi connectivity index (χ4n) is 3.99. The number of carbonyl (C=O) groups excluding carboxylic acids is 2. The molecule has 1 aliphatic rings. The van der Waals surface area contributed by atoms with Crippen LogP contribution < -0.4 is 14.4 Å². The molecule has 1 heterocycles. The predicted molar refractivity (Wildman–Crippen MR) is 132 cm³/mol. The SMILES string of the molecule is COc1ccc(/C(O)=C2\C(=O)C(=O)N(c3ccc(C)c(Cl)c3)C2c2ccccc2OC)cc1Cl. The summed E-state index contributed by atoms with van der Waals surface area (Å²) in [6, 6.07) is 15.8. The zero-order valence-electron chi connectivity index (χ0n) is 18.6. The predicted octanol–water partition coefficient (Wildman–Crippen LogP) is 5.95. The van der Waals surface area contributed by atoms with Gasteiger partial charge in [0, 0.05) is 21.8 Å². The van der Waals surface area contributed by atoms with Crippen LogP contribution in [-0.4, -0.2) is 31.0 Å². The average Bonchev–Trinajstić information content (AvgIpc) is 3.10. The van der Waals surface area contributed by atoms with Crippen molar-refractivity contribution in [1.29, 1.82) is 0 Å². The molecule has 0 aliphatic carbocycles. The number of carbonyl (C=O) groups is 2. The number of hydrogen-bond donors (Lipinski definition) is 1. The number of methoxy groups -OCH3 is 2. The molecule has 1 unspecified atom stereocenters. The standard InChI is InChI=1S/C26H21Cl2NO5/c1-14-8-10-16(13-18(14)27)29-23(17-6-4-5-7-20(17)33-2)22(25(31)26(29)32)24(30)15-9-11-21(34-3)19(28)12-15/h4-13,23,30H,1-3H3/b24-22+. The van der Waals surface area contributed by atoms with E-state index in [0.29, 0.717) is 27.8 Å². The molecule has 0 bridgehead atoms. The number of benzene rings is 3. The number of aryl methyl sites for hydroxylation is 1. The van der Waals surface area contributed by atoms with Crippen molar-refractivity contribution >= 4 is 46.3 Å². The zero-order valence-corrected chi connectivity index (χ0v) is 20.1. The Labute approximate surface area is 206 Å². The topological polar surface area (TPSA) is 76.1 Å². The second kappa shape index (κ2) is 9.41. The number of anilines is 1. The minimum absolute atomic E-state index is 0.0903. The van der Waals surface area contributed by atoms with Crippen LogP contribution in [0.5, 0.6) is 11.5 Å². The van der Waals surface area contributed by atoms with Crippen molar-refractivity contribution in [2.24, 2.45) is 0 Å². The van der Waals surface area contributed by atoms with Crippen molar-refractivity contribution in [1.82, 2.24) is 0 Å². The molecule has 1 amide bonds. The van der Waals surface area contributed by atoms with Gasteiger partial charge in [0.25, 0.3) is 11.7 Å². The molecule has 174 valence electrons. The molecule has 1 atom stereocenters. The highest BCUT2D eigenvalue weighted by atomic mass is 35.5. The van der Waals surface area contributed by atoms with Crippen LogP contribution in [0.2, 0.25) is 10.0 Å². The van der Waals surface area contributed by atoms with Crippen molar-refractivity contribution in [2.45, 2.75) is 13.0 Å². The molecule has 0 aromatic heterocycles. The van der Waals surface area contributed by atoms with Gasteiger partial charge in [0.15, 0.2) is 0 Å². The van der Waals surface area contributed by atoms with Gasteiger partial charge in [-0.1, -0.05) is 47.5 Å². The summed E-state index contributed by atoms with van der Waals surface area (Å²) in [4.78, 5) is 27.9. The first-order valence-corrected chi connectivity index (χ1v) is 11.1. The number of aliphatic hydroxyl groups is 1. The number of halogens is 2. The van der Waals surface area contributed by atoms with Gasteiger partial charge in [-0.15, -0.1) is 0 Å². The van der Waals surface area contributed by atoms with E-state index in [0.717, 1.165) is 5.56 Å². The summed E-state index contributed by atoms with van der Waals surface area (Å²) in [6.45, 7) is 1.84. The molecule has 1 aliphatic heterocycles. The molecule has 0 saturated carbocycles. The zero-order chi connectivity index (χ0) is 24.6. The van der Waals surface area contributed by atoms with Gasteiger partial charge in [-0.3, -0.25) is 14.5 Å². The molecule has 0 spiro atoms. The fourth-order valence-corrected chi connectivity index (χ4v) is 4.42. The number of rotatable bonds is 5. The molecule has 34 heavy (non-hydrogen) atoms. The van der Waals surface area contributed by atoms with E-state index in [4.69, 9.17) is 32.7 Å². The molecule has 6 nitrogen and oxygen atoms in total. The first kappa shape index (κ1) is 23.7. The Morgan fingerprint density at radius 3 is 2.26 bits per heavy atom. The molecule has 3 aromatic carbocycles. The fraction of sp³-hybridized carbons (Fsp3) is 0.154. The van der Waals surface area contributed by atoms with Crippen LogP contribution in [0.4, 0.5) is 5.69 Å². The van der Waals surface area contributed by atoms with E-state index >= 15 is 0 Å². The van der Waals surface area contributed by atoms with Crippen LogP contribution in [0.1, 0.15) is 22.7 Å². The summed E-state index contributed by atoms with van der Waals surface area (Å²) >= 11 is 12.6. The molecule has 1 N–H and O–H groups in total. The Morgan fingerprint density at radius 2 is 1.62 bits per heavy atom. The minimum Gasteiger partial charge on any atom is -0.507 e. The normalized spacial score (nSPS) is 17.2. The Morgan fingerprint density at radius 1 is 0.912 bits per heavy atom. The van der Waals surface area contributed by atoms with Crippen LogP contribution in [0.25, 0.3) is 5.76 Å². The molecule has 1 saturated heterocycles. The molecular formula is C26H21Cl2NO5. The van der Waals surface area contributed by atoms with Gasteiger partial charge >= 0.3 is 0 Å². The quantitative estimate of drug-likeness (QED) is 0.268. The number of aliphatic hydroxyl groups excluding tert-OH is 1. The first-order chi connectivity index (χ1) is 16.3. The van der Waals surface area contributed by atoms with E-state index in [2.05, 4.69) is 0 Å². The van der Waals surface area contributed by atoms with Crippen molar-refractivity contribution in [3.8, 4) is 11.5 Å². The van der Waals surface area contributed by atoms with E-state index in [9.17, 15) is 14.7 Å². The summed E-state index contributed by atoms with van der Waals surface area (Å²) in [5.74, 6) is -1.13.